The Morgan fingerprint density at radius 3 is 2.74 bits per heavy atom. The van der Waals surface area contributed by atoms with Crippen molar-refractivity contribution in [1.82, 2.24) is 4.90 Å². The first-order valence-electron chi connectivity index (χ1n) is 6.69. The number of halogens is 1. The molecule has 1 aromatic carbocycles. The second-order valence-electron chi connectivity index (χ2n) is 5.05. The second kappa shape index (κ2) is 6.70. The summed E-state index contributed by atoms with van der Waals surface area (Å²) in [5.74, 6) is 0.795. The van der Waals surface area contributed by atoms with Crippen molar-refractivity contribution in [1.29, 1.82) is 0 Å². The number of ether oxygens (including phenoxy) is 1. The van der Waals surface area contributed by atoms with Gasteiger partial charge in [-0.1, -0.05) is 12.1 Å². The average molecular weight is 373 g/mol. The van der Waals surface area contributed by atoms with Crippen LogP contribution in [0.1, 0.15) is 30.1 Å². The Hall–Kier alpha value is -0.620. The molecule has 3 nitrogen and oxygen atoms in total. The van der Waals surface area contributed by atoms with Crippen molar-refractivity contribution in [3.05, 3.63) is 33.4 Å². The first-order valence-corrected chi connectivity index (χ1v) is 7.77. The summed E-state index contributed by atoms with van der Waals surface area (Å²) in [5, 5.41) is 0. The van der Waals surface area contributed by atoms with Crippen LogP contribution < -0.4 is 0 Å². The van der Waals surface area contributed by atoms with Gasteiger partial charge in [0.25, 0.3) is 5.91 Å². The van der Waals surface area contributed by atoms with Crippen LogP contribution in [0.25, 0.3) is 0 Å². The van der Waals surface area contributed by atoms with Gasteiger partial charge in [0.2, 0.25) is 0 Å². The van der Waals surface area contributed by atoms with Gasteiger partial charge in [-0.3, -0.25) is 4.79 Å². The highest BCUT2D eigenvalue weighted by atomic mass is 127. The lowest BCUT2D eigenvalue weighted by atomic mass is 10.1. The summed E-state index contributed by atoms with van der Waals surface area (Å²) in [6.07, 6.45) is 2.48. The summed E-state index contributed by atoms with van der Waals surface area (Å²) in [6.45, 7) is 3.41. The van der Waals surface area contributed by atoms with Crippen LogP contribution in [0.2, 0.25) is 0 Å². The minimum absolute atomic E-state index is 0.126. The number of rotatable bonds is 6. The van der Waals surface area contributed by atoms with Gasteiger partial charge in [0.1, 0.15) is 0 Å². The highest BCUT2D eigenvalue weighted by Gasteiger charge is 2.34. The molecule has 1 saturated carbocycles. The fourth-order valence-corrected chi connectivity index (χ4v) is 2.92. The monoisotopic (exact) mass is 373 g/mol. The number of nitrogens with zero attached hydrogens (tertiary/aromatic N) is 1. The van der Waals surface area contributed by atoms with Crippen molar-refractivity contribution in [2.24, 2.45) is 5.92 Å². The SMILES string of the molecule is COCCN(C(=O)c1ccccc1I)C(C)C1CC1. The highest BCUT2D eigenvalue weighted by molar-refractivity contribution is 14.1. The van der Waals surface area contributed by atoms with E-state index < -0.39 is 0 Å². The molecule has 1 aliphatic carbocycles. The lowest BCUT2D eigenvalue weighted by Gasteiger charge is -2.29. The largest absolute Gasteiger partial charge is 0.383 e. The summed E-state index contributed by atoms with van der Waals surface area (Å²) in [5.41, 5.74) is 0.798. The van der Waals surface area contributed by atoms with Gasteiger partial charge in [0.05, 0.1) is 12.2 Å². The molecule has 0 bridgehead atoms. The van der Waals surface area contributed by atoms with E-state index in [9.17, 15) is 4.79 Å². The zero-order valence-corrected chi connectivity index (χ0v) is 13.6. The molecule has 2 rings (SSSR count). The summed E-state index contributed by atoms with van der Waals surface area (Å²) >= 11 is 2.22. The minimum Gasteiger partial charge on any atom is -0.383 e. The maximum atomic E-state index is 12.7. The zero-order chi connectivity index (χ0) is 13.8. The van der Waals surface area contributed by atoms with E-state index in [2.05, 4.69) is 29.5 Å². The lowest BCUT2D eigenvalue weighted by Crippen LogP contribution is -2.42. The average Bonchev–Trinajstić information content (AvgIpc) is 3.23. The standard InChI is InChI=1S/C15H20INO2/c1-11(12-7-8-12)17(9-10-19-2)15(18)13-5-3-4-6-14(13)16/h3-6,11-12H,7-10H2,1-2H3. The molecule has 104 valence electrons. The van der Waals surface area contributed by atoms with E-state index in [-0.39, 0.29) is 5.91 Å². The van der Waals surface area contributed by atoms with E-state index >= 15 is 0 Å². The summed E-state index contributed by atoms with van der Waals surface area (Å²) in [7, 11) is 1.68. The van der Waals surface area contributed by atoms with E-state index in [1.165, 1.54) is 12.8 Å². The Morgan fingerprint density at radius 1 is 1.47 bits per heavy atom. The number of carbonyl (C=O) groups is 1. The normalized spacial score (nSPS) is 16.2. The zero-order valence-electron chi connectivity index (χ0n) is 11.4. The molecule has 0 heterocycles. The van der Waals surface area contributed by atoms with E-state index in [0.717, 1.165) is 9.13 Å². The molecule has 1 atom stereocenters. The Balaban J connectivity index is 2.17. The van der Waals surface area contributed by atoms with Crippen molar-refractivity contribution in [2.45, 2.75) is 25.8 Å². The minimum atomic E-state index is 0.126. The van der Waals surface area contributed by atoms with Crippen molar-refractivity contribution in [2.75, 3.05) is 20.3 Å². The third-order valence-corrected chi connectivity index (χ3v) is 4.64. The second-order valence-corrected chi connectivity index (χ2v) is 6.21. The number of carbonyl (C=O) groups excluding carboxylic acids is 1. The number of benzene rings is 1. The molecule has 1 aromatic rings. The molecule has 1 fully saturated rings. The van der Waals surface area contributed by atoms with E-state index in [4.69, 9.17) is 4.74 Å². The summed E-state index contributed by atoms with van der Waals surface area (Å²) in [6, 6.07) is 8.07. The predicted molar refractivity (Wildman–Crippen MR) is 84.3 cm³/mol. The first kappa shape index (κ1) is 14.8. The third-order valence-electron chi connectivity index (χ3n) is 3.70. The summed E-state index contributed by atoms with van der Waals surface area (Å²) < 4.78 is 6.15. The van der Waals surface area contributed by atoms with Crippen molar-refractivity contribution in [3.63, 3.8) is 0 Å². The van der Waals surface area contributed by atoms with Crippen LogP contribution in [0, 0.1) is 9.49 Å². The fraction of sp³-hybridized carbons (Fsp3) is 0.533. The van der Waals surface area contributed by atoms with Crippen LogP contribution in [-0.4, -0.2) is 37.1 Å². The van der Waals surface area contributed by atoms with Gasteiger partial charge >= 0.3 is 0 Å². The molecule has 1 amide bonds. The predicted octanol–water partition coefficient (Wildman–Crippen LogP) is 3.18. The molecule has 0 aromatic heterocycles. The van der Waals surface area contributed by atoms with Crippen LogP contribution in [-0.2, 0) is 4.74 Å². The maximum absolute atomic E-state index is 12.7. The van der Waals surface area contributed by atoms with Gasteiger partial charge in [-0.25, -0.2) is 0 Å². The van der Waals surface area contributed by atoms with Crippen LogP contribution in [0.15, 0.2) is 24.3 Å². The molecule has 0 radical (unpaired) electrons. The molecule has 19 heavy (non-hydrogen) atoms. The highest BCUT2D eigenvalue weighted by Crippen LogP contribution is 2.35. The molecule has 0 aliphatic heterocycles. The van der Waals surface area contributed by atoms with Crippen LogP contribution >= 0.6 is 22.6 Å². The topological polar surface area (TPSA) is 29.5 Å². The molecule has 1 aliphatic rings. The molecular weight excluding hydrogens is 353 g/mol. The summed E-state index contributed by atoms with van der Waals surface area (Å²) in [4.78, 5) is 14.7. The van der Waals surface area contributed by atoms with Crippen LogP contribution in [0.5, 0.6) is 0 Å². The molecule has 0 spiro atoms. The number of amides is 1. The van der Waals surface area contributed by atoms with E-state index in [0.29, 0.717) is 25.1 Å². The number of hydrogen-bond acceptors (Lipinski definition) is 2. The van der Waals surface area contributed by atoms with Gasteiger partial charge < -0.3 is 9.64 Å². The Labute approximate surface area is 128 Å². The van der Waals surface area contributed by atoms with E-state index in [1.807, 2.05) is 29.2 Å². The Kier molecular flexibility index (Phi) is 5.21. The molecule has 0 saturated heterocycles. The van der Waals surface area contributed by atoms with Crippen LogP contribution in [0.3, 0.4) is 0 Å². The Bertz CT molecular complexity index is 446. The quantitative estimate of drug-likeness (QED) is 0.717. The van der Waals surface area contributed by atoms with Crippen molar-refractivity contribution < 1.29 is 9.53 Å². The van der Waals surface area contributed by atoms with Gasteiger partial charge in [-0.2, -0.15) is 0 Å². The van der Waals surface area contributed by atoms with Gasteiger partial charge in [-0.05, 0) is 60.4 Å². The third kappa shape index (κ3) is 3.69. The van der Waals surface area contributed by atoms with Gasteiger partial charge in [0.15, 0.2) is 0 Å². The number of methoxy groups -OCH3 is 1. The number of hydrogen-bond donors (Lipinski definition) is 0. The van der Waals surface area contributed by atoms with Gasteiger partial charge in [0, 0.05) is 23.3 Å². The van der Waals surface area contributed by atoms with Crippen molar-refractivity contribution >= 4 is 28.5 Å². The van der Waals surface area contributed by atoms with E-state index in [1.54, 1.807) is 7.11 Å². The Morgan fingerprint density at radius 2 is 2.16 bits per heavy atom. The maximum Gasteiger partial charge on any atom is 0.255 e. The smallest absolute Gasteiger partial charge is 0.255 e. The molecule has 4 heteroatoms. The molecular formula is C15H20INO2. The first-order chi connectivity index (χ1) is 9.15. The lowest BCUT2D eigenvalue weighted by molar-refractivity contribution is 0.0593. The van der Waals surface area contributed by atoms with Crippen LogP contribution in [0.4, 0.5) is 0 Å². The molecule has 0 N–H and O–H groups in total. The van der Waals surface area contributed by atoms with Crippen molar-refractivity contribution in [3.8, 4) is 0 Å². The fourth-order valence-electron chi connectivity index (χ4n) is 2.30. The molecule has 1 unspecified atom stereocenters. The van der Waals surface area contributed by atoms with Gasteiger partial charge in [-0.15, -0.1) is 0 Å².